The van der Waals surface area contributed by atoms with Crippen molar-refractivity contribution >= 4 is 11.5 Å². The Kier molecular flexibility index (Phi) is 4.41. The predicted octanol–water partition coefficient (Wildman–Crippen LogP) is 3.85. The highest BCUT2D eigenvalue weighted by Gasteiger charge is 2.30. The summed E-state index contributed by atoms with van der Waals surface area (Å²) in [5.74, 6) is -0.00157. The van der Waals surface area contributed by atoms with Crippen LogP contribution in [0.5, 0.6) is 0 Å². The van der Waals surface area contributed by atoms with Gasteiger partial charge in [0.15, 0.2) is 0 Å². The summed E-state index contributed by atoms with van der Waals surface area (Å²) in [4.78, 5) is 12.2. The van der Waals surface area contributed by atoms with Crippen molar-refractivity contribution in [2.75, 3.05) is 6.61 Å². The second kappa shape index (κ2) is 6.05. The molecule has 0 spiro atoms. The third-order valence-corrected chi connectivity index (χ3v) is 3.65. The average Bonchev–Trinajstić information content (AvgIpc) is 2.39. The predicted molar refractivity (Wildman–Crippen MR) is 77.7 cm³/mol. The number of ether oxygens (including phenoxy) is 1. The SMILES string of the molecule is CCOC(=O)C(C1=CCCc2ccccc21)C(C)C. The summed E-state index contributed by atoms with van der Waals surface area (Å²) >= 11 is 0. The number of benzene rings is 1. The normalized spacial score (nSPS) is 15.7. The maximum Gasteiger partial charge on any atom is 0.313 e. The Morgan fingerprint density at radius 2 is 2.05 bits per heavy atom. The highest BCUT2D eigenvalue weighted by atomic mass is 16.5. The standard InChI is InChI=1S/C17H22O2/c1-4-19-17(18)16(12(2)3)15-11-7-9-13-8-5-6-10-14(13)15/h5-6,8,10-12,16H,4,7,9H2,1-3H3. The monoisotopic (exact) mass is 258 g/mol. The molecule has 0 bridgehead atoms. The van der Waals surface area contributed by atoms with Gasteiger partial charge in [0.1, 0.15) is 0 Å². The fourth-order valence-corrected chi connectivity index (χ4v) is 2.80. The maximum absolute atomic E-state index is 12.2. The summed E-state index contributed by atoms with van der Waals surface area (Å²) < 4.78 is 5.25. The van der Waals surface area contributed by atoms with Gasteiger partial charge in [-0.25, -0.2) is 0 Å². The maximum atomic E-state index is 12.2. The Bertz CT molecular complexity index is 486. The Labute approximate surface area is 115 Å². The molecule has 0 aromatic heterocycles. The minimum Gasteiger partial charge on any atom is -0.466 e. The lowest BCUT2D eigenvalue weighted by molar-refractivity contribution is -0.147. The van der Waals surface area contributed by atoms with Gasteiger partial charge in [0, 0.05) is 0 Å². The summed E-state index contributed by atoms with van der Waals surface area (Å²) in [6.07, 6.45) is 4.28. The van der Waals surface area contributed by atoms with Crippen molar-refractivity contribution in [3.63, 3.8) is 0 Å². The molecule has 0 aliphatic heterocycles. The van der Waals surface area contributed by atoms with Crippen molar-refractivity contribution in [3.8, 4) is 0 Å². The van der Waals surface area contributed by atoms with Crippen LogP contribution in [0.2, 0.25) is 0 Å². The zero-order chi connectivity index (χ0) is 13.8. The van der Waals surface area contributed by atoms with Crippen molar-refractivity contribution in [3.05, 3.63) is 41.5 Å². The van der Waals surface area contributed by atoms with Crippen LogP contribution in [0.4, 0.5) is 0 Å². The molecule has 2 nitrogen and oxygen atoms in total. The number of hydrogen-bond donors (Lipinski definition) is 0. The number of esters is 1. The molecule has 1 aromatic carbocycles. The summed E-state index contributed by atoms with van der Waals surface area (Å²) in [7, 11) is 0. The quantitative estimate of drug-likeness (QED) is 0.767. The molecule has 1 aliphatic carbocycles. The number of carbonyl (C=O) groups is 1. The summed E-state index contributed by atoms with van der Waals surface area (Å²) in [5.41, 5.74) is 3.71. The van der Waals surface area contributed by atoms with Crippen LogP contribution in [0, 0.1) is 11.8 Å². The third kappa shape index (κ3) is 2.89. The van der Waals surface area contributed by atoms with Gasteiger partial charge in [-0.2, -0.15) is 0 Å². The molecule has 0 fully saturated rings. The van der Waals surface area contributed by atoms with E-state index in [1.165, 1.54) is 11.1 Å². The van der Waals surface area contributed by atoms with E-state index < -0.39 is 0 Å². The van der Waals surface area contributed by atoms with Gasteiger partial charge in [-0.05, 0) is 42.4 Å². The fraction of sp³-hybridized carbons (Fsp3) is 0.471. The lowest BCUT2D eigenvalue weighted by Gasteiger charge is -2.26. The van der Waals surface area contributed by atoms with E-state index in [2.05, 4.69) is 38.1 Å². The second-order valence-electron chi connectivity index (χ2n) is 5.33. The van der Waals surface area contributed by atoms with Crippen molar-refractivity contribution in [1.29, 1.82) is 0 Å². The van der Waals surface area contributed by atoms with Crippen molar-refractivity contribution in [2.45, 2.75) is 33.6 Å². The van der Waals surface area contributed by atoms with E-state index in [4.69, 9.17) is 4.74 Å². The Morgan fingerprint density at radius 1 is 1.32 bits per heavy atom. The first-order valence-electron chi connectivity index (χ1n) is 7.10. The Hall–Kier alpha value is -1.57. The lowest BCUT2D eigenvalue weighted by Crippen LogP contribution is -2.25. The minimum absolute atomic E-state index is 0.0968. The molecule has 0 radical (unpaired) electrons. The van der Waals surface area contributed by atoms with Gasteiger partial charge in [-0.1, -0.05) is 44.2 Å². The Balaban J connectivity index is 2.37. The highest BCUT2D eigenvalue weighted by molar-refractivity contribution is 5.90. The van der Waals surface area contributed by atoms with Crippen LogP contribution in [-0.2, 0) is 16.0 Å². The first-order chi connectivity index (χ1) is 9.15. The zero-order valence-electron chi connectivity index (χ0n) is 12.0. The number of fused-ring (bicyclic) bond motifs is 1. The molecule has 1 aromatic rings. The topological polar surface area (TPSA) is 26.3 Å². The number of carbonyl (C=O) groups excluding carboxylic acids is 1. The molecular formula is C17H22O2. The molecule has 0 saturated carbocycles. The minimum atomic E-state index is -0.151. The molecule has 2 heteroatoms. The van der Waals surface area contributed by atoms with Crippen molar-refractivity contribution in [2.24, 2.45) is 11.8 Å². The van der Waals surface area contributed by atoms with Gasteiger partial charge in [-0.15, -0.1) is 0 Å². The van der Waals surface area contributed by atoms with Crippen LogP contribution in [0.1, 0.15) is 38.3 Å². The van der Waals surface area contributed by atoms with Crippen LogP contribution < -0.4 is 0 Å². The van der Waals surface area contributed by atoms with Crippen LogP contribution in [0.3, 0.4) is 0 Å². The number of rotatable bonds is 4. The van der Waals surface area contributed by atoms with Gasteiger partial charge in [0.25, 0.3) is 0 Å². The third-order valence-electron chi connectivity index (χ3n) is 3.65. The molecule has 0 heterocycles. The fourth-order valence-electron chi connectivity index (χ4n) is 2.80. The van der Waals surface area contributed by atoms with E-state index >= 15 is 0 Å². The molecule has 2 rings (SSSR count). The van der Waals surface area contributed by atoms with Crippen LogP contribution >= 0.6 is 0 Å². The number of allylic oxidation sites excluding steroid dienone is 1. The van der Waals surface area contributed by atoms with Gasteiger partial charge >= 0.3 is 5.97 Å². The first kappa shape index (κ1) is 13.9. The van der Waals surface area contributed by atoms with E-state index in [1.807, 2.05) is 13.0 Å². The van der Waals surface area contributed by atoms with Crippen molar-refractivity contribution < 1.29 is 9.53 Å². The van der Waals surface area contributed by atoms with E-state index in [0.29, 0.717) is 6.61 Å². The average molecular weight is 258 g/mol. The number of aryl methyl sites for hydroxylation is 1. The smallest absolute Gasteiger partial charge is 0.313 e. The van der Waals surface area contributed by atoms with Crippen LogP contribution in [0.25, 0.3) is 5.57 Å². The van der Waals surface area contributed by atoms with E-state index in [-0.39, 0.29) is 17.8 Å². The van der Waals surface area contributed by atoms with Crippen LogP contribution in [-0.4, -0.2) is 12.6 Å². The largest absolute Gasteiger partial charge is 0.466 e. The molecule has 102 valence electrons. The molecular weight excluding hydrogens is 236 g/mol. The molecule has 0 amide bonds. The van der Waals surface area contributed by atoms with Gasteiger partial charge in [-0.3, -0.25) is 4.79 Å². The number of hydrogen-bond acceptors (Lipinski definition) is 2. The van der Waals surface area contributed by atoms with Crippen molar-refractivity contribution in [1.82, 2.24) is 0 Å². The molecule has 1 aliphatic rings. The van der Waals surface area contributed by atoms with Gasteiger partial charge in [0.2, 0.25) is 0 Å². The molecule has 19 heavy (non-hydrogen) atoms. The second-order valence-corrected chi connectivity index (χ2v) is 5.33. The molecule has 0 N–H and O–H groups in total. The van der Waals surface area contributed by atoms with Crippen LogP contribution in [0.15, 0.2) is 30.3 Å². The van der Waals surface area contributed by atoms with E-state index in [0.717, 1.165) is 18.4 Å². The molecule has 1 atom stereocenters. The van der Waals surface area contributed by atoms with Gasteiger partial charge in [0.05, 0.1) is 12.5 Å². The lowest BCUT2D eigenvalue weighted by atomic mass is 9.79. The Morgan fingerprint density at radius 3 is 2.74 bits per heavy atom. The van der Waals surface area contributed by atoms with E-state index in [1.54, 1.807) is 0 Å². The summed E-state index contributed by atoms with van der Waals surface area (Å²) in [6, 6.07) is 8.39. The first-order valence-corrected chi connectivity index (χ1v) is 7.10. The molecule has 1 unspecified atom stereocenters. The summed E-state index contributed by atoms with van der Waals surface area (Å²) in [5, 5.41) is 0. The zero-order valence-corrected chi connectivity index (χ0v) is 12.0. The van der Waals surface area contributed by atoms with Gasteiger partial charge < -0.3 is 4.74 Å². The highest BCUT2D eigenvalue weighted by Crippen LogP contribution is 2.36. The molecule has 0 saturated heterocycles. The van der Waals surface area contributed by atoms with E-state index in [9.17, 15) is 4.79 Å². The summed E-state index contributed by atoms with van der Waals surface area (Å²) in [6.45, 7) is 6.47.